The number of aromatic nitrogens is 4. The number of primary amides is 2. The van der Waals surface area contributed by atoms with E-state index in [4.69, 9.17) is 20.5 Å². The average Bonchev–Trinajstić information content (AvgIpc) is 3.58. The van der Waals surface area contributed by atoms with Gasteiger partial charge in [0, 0.05) is 21.9 Å². The van der Waals surface area contributed by atoms with Crippen LogP contribution in [0.4, 0.5) is 0 Å². The fraction of sp³-hybridized carbons (Fsp3) is 0.0667. The molecular weight excluding hydrogens is 555 g/mol. The molecule has 0 fully saturated rings. The number of hydrogen-bond acceptors (Lipinski definition) is 7. The van der Waals surface area contributed by atoms with Crippen molar-refractivity contribution in [3.05, 3.63) is 120 Å². The highest BCUT2D eigenvalue weighted by molar-refractivity contribution is 7.34. The lowest BCUT2D eigenvalue weighted by atomic mass is 10.1. The Labute approximate surface area is 240 Å². The number of rotatable bonds is 10. The first kappa shape index (κ1) is 26.8. The van der Waals surface area contributed by atoms with Crippen LogP contribution in [0.1, 0.15) is 31.8 Å². The first-order valence-electron chi connectivity index (χ1n) is 12.9. The molecular formula is C30H25N6O5P. The topological polar surface area (TPSA) is 157 Å². The summed E-state index contributed by atoms with van der Waals surface area (Å²) in [7, 11) is -2.86. The van der Waals surface area contributed by atoms with Crippen LogP contribution in [0.3, 0.4) is 0 Å². The number of carbonyl (C=O) groups excluding carboxylic acids is 2. The van der Waals surface area contributed by atoms with E-state index in [1.165, 1.54) is 0 Å². The van der Waals surface area contributed by atoms with Crippen LogP contribution in [-0.4, -0.2) is 31.4 Å². The second-order valence-corrected chi connectivity index (χ2v) is 10.5. The maximum atomic E-state index is 12.6. The highest BCUT2D eigenvalue weighted by atomic mass is 31.1. The van der Waals surface area contributed by atoms with Crippen LogP contribution in [0.15, 0.2) is 97.3 Å². The molecule has 4 N–H and O–H groups in total. The Bertz CT molecular complexity index is 1820. The van der Waals surface area contributed by atoms with Gasteiger partial charge in [-0.2, -0.15) is 10.2 Å². The number of benzene rings is 4. The second kappa shape index (κ2) is 11.2. The molecule has 2 aromatic heterocycles. The molecule has 0 aliphatic rings. The van der Waals surface area contributed by atoms with E-state index in [1.807, 2.05) is 45.8 Å². The minimum atomic E-state index is -2.86. The van der Waals surface area contributed by atoms with Gasteiger partial charge in [0.1, 0.15) is 11.5 Å². The summed E-state index contributed by atoms with van der Waals surface area (Å²) in [5, 5.41) is 10.5. The molecule has 42 heavy (non-hydrogen) atoms. The molecule has 0 aliphatic carbocycles. The van der Waals surface area contributed by atoms with Crippen molar-refractivity contribution in [2.24, 2.45) is 11.5 Å². The lowest BCUT2D eigenvalue weighted by Crippen LogP contribution is -2.10. The van der Waals surface area contributed by atoms with E-state index in [0.717, 1.165) is 32.9 Å². The van der Waals surface area contributed by atoms with Crippen molar-refractivity contribution in [3.8, 4) is 11.5 Å². The van der Waals surface area contributed by atoms with Gasteiger partial charge in [0.15, 0.2) is 0 Å². The van der Waals surface area contributed by atoms with Crippen molar-refractivity contribution in [3.63, 3.8) is 0 Å². The Balaban J connectivity index is 1.04. The van der Waals surface area contributed by atoms with Crippen LogP contribution >= 0.6 is 8.25 Å². The van der Waals surface area contributed by atoms with E-state index in [1.54, 1.807) is 60.9 Å². The van der Waals surface area contributed by atoms with Gasteiger partial charge in [-0.1, -0.05) is 24.3 Å². The summed E-state index contributed by atoms with van der Waals surface area (Å²) in [6, 6.07) is 24.8. The van der Waals surface area contributed by atoms with Gasteiger partial charge >= 0.3 is 8.25 Å². The summed E-state index contributed by atoms with van der Waals surface area (Å²) >= 11 is 0. The lowest BCUT2D eigenvalue weighted by molar-refractivity contribution is 0.0992. The lowest BCUT2D eigenvalue weighted by Gasteiger charge is -2.10. The van der Waals surface area contributed by atoms with Gasteiger partial charge in [-0.3, -0.25) is 19.0 Å². The summed E-state index contributed by atoms with van der Waals surface area (Å²) in [4.78, 5) is 22.8. The molecule has 4 aromatic carbocycles. The van der Waals surface area contributed by atoms with Crippen LogP contribution in [0, 0.1) is 0 Å². The third kappa shape index (κ3) is 5.72. The van der Waals surface area contributed by atoms with Crippen LogP contribution in [0.25, 0.3) is 21.8 Å². The smallest absolute Gasteiger partial charge is 0.418 e. The highest BCUT2D eigenvalue weighted by Crippen LogP contribution is 2.31. The van der Waals surface area contributed by atoms with Crippen molar-refractivity contribution in [2.45, 2.75) is 13.1 Å². The number of amides is 2. The molecule has 2 heterocycles. The molecule has 6 aromatic rings. The zero-order valence-corrected chi connectivity index (χ0v) is 23.1. The molecule has 2 amide bonds. The molecule has 0 atom stereocenters. The van der Waals surface area contributed by atoms with Crippen LogP contribution < -0.4 is 20.5 Å². The second-order valence-electron chi connectivity index (χ2n) is 9.62. The third-order valence-corrected chi connectivity index (χ3v) is 7.57. The predicted octanol–water partition coefficient (Wildman–Crippen LogP) is 4.53. The van der Waals surface area contributed by atoms with Crippen LogP contribution in [0.2, 0.25) is 0 Å². The number of nitrogens with zero attached hydrogens (tertiary/aromatic N) is 4. The van der Waals surface area contributed by atoms with Gasteiger partial charge in [-0.15, -0.1) is 0 Å². The summed E-state index contributed by atoms with van der Waals surface area (Å²) in [5.41, 5.74) is 15.3. The Hall–Kier alpha value is -5.41. The molecule has 0 saturated carbocycles. The number of nitrogens with two attached hydrogens (primary N) is 2. The number of fused-ring (bicyclic) bond motifs is 2. The quantitative estimate of drug-likeness (QED) is 0.225. The largest absolute Gasteiger partial charge is 0.418 e. The first-order chi connectivity index (χ1) is 20.3. The molecule has 0 aliphatic heterocycles. The summed E-state index contributed by atoms with van der Waals surface area (Å²) < 4.78 is 27.2. The Morgan fingerprint density at radius 2 is 1.05 bits per heavy atom. The van der Waals surface area contributed by atoms with Gasteiger partial charge in [0.25, 0.3) is 0 Å². The standard InChI is InChI=1S/C30H25N6O5P/c31-29(37)21-5-11-27-23(13-21)15-33-35(27)17-19-1-7-25(8-2-19)40-42(39)41-26-9-3-20(4-10-26)18-36-28-12-6-22(30(32)38)14-24(28)16-34-36/h1-16,42H,17-18H2,(H2,31,37)(H2,32,38). The van der Waals surface area contributed by atoms with Crippen molar-refractivity contribution < 1.29 is 23.2 Å². The molecule has 6 rings (SSSR count). The zero-order valence-electron chi connectivity index (χ0n) is 22.1. The molecule has 0 radical (unpaired) electrons. The monoisotopic (exact) mass is 580 g/mol. The number of carbonyl (C=O) groups is 2. The molecule has 11 nitrogen and oxygen atoms in total. The van der Waals surface area contributed by atoms with Gasteiger partial charge < -0.3 is 20.5 Å². The maximum Gasteiger partial charge on any atom is 0.418 e. The predicted molar refractivity (Wildman–Crippen MR) is 158 cm³/mol. The van der Waals surface area contributed by atoms with Crippen LogP contribution in [0.5, 0.6) is 11.5 Å². The Morgan fingerprint density at radius 3 is 1.43 bits per heavy atom. The van der Waals surface area contributed by atoms with Gasteiger partial charge in [0.2, 0.25) is 11.8 Å². The van der Waals surface area contributed by atoms with Gasteiger partial charge in [-0.25, -0.2) is 4.57 Å². The third-order valence-electron chi connectivity index (χ3n) is 6.77. The van der Waals surface area contributed by atoms with E-state index in [-0.39, 0.29) is 0 Å². The molecule has 0 bridgehead atoms. The van der Waals surface area contributed by atoms with Crippen LogP contribution in [-0.2, 0) is 17.7 Å². The van der Waals surface area contributed by atoms with E-state index >= 15 is 0 Å². The van der Waals surface area contributed by atoms with Crippen molar-refractivity contribution in [1.29, 1.82) is 0 Å². The summed E-state index contributed by atoms with van der Waals surface area (Å²) in [6.07, 6.45) is 3.38. The highest BCUT2D eigenvalue weighted by Gasteiger charge is 2.10. The minimum Gasteiger partial charge on any atom is -0.418 e. The normalized spacial score (nSPS) is 11.3. The fourth-order valence-corrected chi connectivity index (χ4v) is 5.32. The Kier molecular flexibility index (Phi) is 7.16. The van der Waals surface area contributed by atoms with E-state index in [9.17, 15) is 14.2 Å². The summed E-state index contributed by atoms with van der Waals surface area (Å²) in [5.74, 6) is -0.132. The maximum absolute atomic E-state index is 12.6. The van der Waals surface area contributed by atoms with Crippen molar-refractivity contribution >= 4 is 41.9 Å². The molecule has 12 heteroatoms. The molecule has 0 spiro atoms. The molecule has 0 saturated heterocycles. The van der Waals surface area contributed by atoms with E-state index < -0.39 is 20.1 Å². The Morgan fingerprint density at radius 1 is 0.643 bits per heavy atom. The molecule has 210 valence electrons. The minimum absolute atomic E-state index is 0.417. The average molecular weight is 581 g/mol. The SMILES string of the molecule is NC(=O)c1ccc2c(cnn2Cc2ccc(O[PH](=O)Oc3ccc(Cn4ncc5cc(C(N)=O)ccc54)cc3)cc2)c1. The number of hydrogen-bond donors (Lipinski definition) is 2. The first-order valence-corrected chi connectivity index (χ1v) is 14.1. The van der Waals surface area contributed by atoms with Gasteiger partial charge in [-0.05, 0) is 71.8 Å². The summed E-state index contributed by atoms with van der Waals surface area (Å²) in [6.45, 7) is 1.00. The van der Waals surface area contributed by atoms with E-state index in [2.05, 4.69) is 10.2 Å². The van der Waals surface area contributed by atoms with Crippen molar-refractivity contribution in [2.75, 3.05) is 0 Å². The molecule has 0 unspecified atom stereocenters. The van der Waals surface area contributed by atoms with Crippen molar-refractivity contribution in [1.82, 2.24) is 19.6 Å². The van der Waals surface area contributed by atoms with E-state index in [0.29, 0.717) is 35.7 Å². The fourth-order valence-electron chi connectivity index (χ4n) is 4.62. The zero-order chi connectivity index (χ0) is 29.2. The van der Waals surface area contributed by atoms with Gasteiger partial charge in [0.05, 0.1) is 36.5 Å².